The summed E-state index contributed by atoms with van der Waals surface area (Å²) in [7, 11) is 4.32. The molecule has 1 saturated carbocycles. The van der Waals surface area contributed by atoms with Gasteiger partial charge in [-0.3, -0.25) is 0 Å². The SMILES string of the molecule is CN(C)C1(C(N)c2sccc2Cl)CCCCCC1. The summed E-state index contributed by atoms with van der Waals surface area (Å²) in [5.41, 5.74) is 6.68. The summed E-state index contributed by atoms with van der Waals surface area (Å²) in [5, 5.41) is 2.87. The molecular weight excluding hydrogens is 264 g/mol. The number of nitrogens with zero attached hydrogens (tertiary/aromatic N) is 1. The Bertz CT molecular complexity index is 381. The summed E-state index contributed by atoms with van der Waals surface area (Å²) in [5.74, 6) is 0. The summed E-state index contributed by atoms with van der Waals surface area (Å²) in [6.07, 6.45) is 7.56. The molecule has 1 heterocycles. The molecule has 1 aliphatic rings. The fourth-order valence-electron chi connectivity index (χ4n) is 3.15. The van der Waals surface area contributed by atoms with E-state index in [1.54, 1.807) is 11.3 Å². The van der Waals surface area contributed by atoms with E-state index in [1.165, 1.54) is 38.5 Å². The number of rotatable bonds is 3. The molecule has 2 rings (SSSR count). The third-order valence-corrected chi connectivity index (χ3v) is 5.81. The molecule has 1 unspecified atom stereocenters. The summed E-state index contributed by atoms with van der Waals surface area (Å²) in [6.45, 7) is 0. The lowest BCUT2D eigenvalue weighted by atomic mass is 9.81. The Kier molecular flexibility index (Phi) is 4.70. The minimum atomic E-state index is 0.0260. The van der Waals surface area contributed by atoms with Crippen LogP contribution in [-0.4, -0.2) is 24.5 Å². The van der Waals surface area contributed by atoms with Crippen LogP contribution in [0.4, 0.5) is 0 Å². The molecular formula is C14H23ClN2S. The summed E-state index contributed by atoms with van der Waals surface area (Å²) >= 11 is 7.96. The molecule has 1 aromatic heterocycles. The first kappa shape index (κ1) is 14.3. The van der Waals surface area contributed by atoms with Crippen LogP contribution in [0.15, 0.2) is 11.4 Å². The molecule has 1 atom stereocenters. The van der Waals surface area contributed by atoms with Crippen LogP contribution in [0.1, 0.15) is 49.4 Å². The molecule has 1 aromatic rings. The van der Waals surface area contributed by atoms with Gasteiger partial charge in [0.15, 0.2) is 0 Å². The Labute approximate surface area is 119 Å². The molecule has 0 aromatic carbocycles. The third kappa shape index (κ3) is 2.60. The van der Waals surface area contributed by atoms with Gasteiger partial charge >= 0.3 is 0 Å². The van der Waals surface area contributed by atoms with Gasteiger partial charge in [0, 0.05) is 10.4 Å². The van der Waals surface area contributed by atoms with Gasteiger partial charge < -0.3 is 10.6 Å². The first-order valence-corrected chi connectivity index (χ1v) is 7.99. The number of hydrogen-bond donors (Lipinski definition) is 1. The van der Waals surface area contributed by atoms with E-state index in [4.69, 9.17) is 17.3 Å². The van der Waals surface area contributed by atoms with Crippen LogP contribution in [0.2, 0.25) is 5.02 Å². The molecule has 0 radical (unpaired) electrons. The third-order valence-electron chi connectivity index (χ3n) is 4.37. The van der Waals surface area contributed by atoms with Crippen molar-refractivity contribution in [1.82, 2.24) is 4.90 Å². The second-order valence-corrected chi connectivity index (χ2v) is 6.88. The summed E-state index contributed by atoms with van der Waals surface area (Å²) in [4.78, 5) is 3.48. The smallest absolute Gasteiger partial charge is 0.0591 e. The highest BCUT2D eigenvalue weighted by Gasteiger charge is 2.40. The maximum Gasteiger partial charge on any atom is 0.0591 e. The van der Waals surface area contributed by atoms with Crippen molar-refractivity contribution in [3.63, 3.8) is 0 Å². The minimum absolute atomic E-state index is 0.0260. The Morgan fingerprint density at radius 1 is 1.28 bits per heavy atom. The van der Waals surface area contributed by atoms with Gasteiger partial charge in [-0.15, -0.1) is 11.3 Å². The highest BCUT2D eigenvalue weighted by Crippen LogP contribution is 2.43. The van der Waals surface area contributed by atoms with E-state index in [0.717, 1.165) is 9.90 Å². The van der Waals surface area contributed by atoms with Crippen molar-refractivity contribution in [3.8, 4) is 0 Å². The van der Waals surface area contributed by atoms with Gasteiger partial charge in [-0.2, -0.15) is 0 Å². The molecule has 0 amide bonds. The number of likely N-dealkylation sites (N-methyl/N-ethyl adjacent to an activating group) is 1. The monoisotopic (exact) mass is 286 g/mol. The van der Waals surface area contributed by atoms with Gasteiger partial charge in [-0.1, -0.05) is 37.3 Å². The zero-order valence-electron chi connectivity index (χ0n) is 11.3. The predicted molar refractivity (Wildman–Crippen MR) is 80.4 cm³/mol. The lowest BCUT2D eigenvalue weighted by molar-refractivity contribution is 0.0982. The van der Waals surface area contributed by atoms with Crippen molar-refractivity contribution in [2.24, 2.45) is 5.73 Å². The normalized spacial score (nSPS) is 21.8. The van der Waals surface area contributed by atoms with Crippen LogP contribution in [0.25, 0.3) is 0 Å². The number of thiophene rings is 1. The first-order chi connectivity index (χ1) is 8.58. The largest absolute Gasteiger partial charge is 0.322 e. The standard InChI is InChI=1S/C14H23ClN2S/c1-17(2)14(8-5-3-4-6-9-14)13(16)12-11(15)7-10-18-12/h7,10,13H,3-6,8-9,16H2,1-2H3. The topological polar surface area (TPSA) is 29.3 Å². The van der Waals surface area contributed by atoms with Gasteiger partial charge in [-0.25, -0.2) is 0 Å². The number of nitrogens with two attached hydrogens (primary N) is 1. The van der Waals surface area contributed by atoms with E-state index in [0.29, 0.717) is 0 Å². The van der Waals surface area contributed by atoms with E-state index in [2.05, 4.69) is 19.0 Å². The Morgan fingerprint density at radius 3 is 2.33 bits per heavy atom. The van der Waals surface area contributed by atoms with Crippen molar-refractivity contribution in [1.29, 1.82) is 0 Å². The van der Waals surface area contributed by atoms with Crippen molar-refractivity contribution in [2.75, 3.05) is 14.1 Å². The molecule has 102 valence electrons. The molecule has 18 heavy (non-hydrogen) atoms. The molecule has 1 fully saturated rings. The predicted octanol–water partition coefficient (Wildman–Crippen LogP) is 4.06. The molecule has 1 aliphatic carbocycles. The fraction of sp³-hybridized carbons (Fsp3) is 0.714. The zero-order valence-corrected chi connectivity index (χ0v) is 12.9. The van der Waals surface area contributed by atoms with Crippen molar-refractivity contribution in [2.45, 2.75) is 50.1 Å². The lowest BCUT2D eigenvalue weighted by Crippen LogP contribution is -2.51. The molecule has 0 saturated heterocycles. The molecule has 2 N–H and O–H groups in total. The van der Waals surface area contributed by atoms with Crippen molar-refractivity contribution in [3.05, 3.63) is 21.3 Å². The molecule has 2 nitrogen and oxygen atoms in total. The van der Waals surface area contributed by atoms with Crippen LogP contribution in [0.3, 0.4) is 0 Å². The maximum atomic E-state index is 6.60. The van der Waals surface area contributed by atoms with Crippen LogP contribution in [0.5, 0.6) is 0 Å². The highest BCUT2D eigenvalue weighted by atomic mass is 35.5. The van der Waals surface area contributed by atoms with Gasteiger partial charge in [-0.05, 0) is 38.4 Å². The Hall–Kier alpha value is -0.0900. The Balaban J connectivity index is 2.31. The number of hydrogen-bond acceptors (Lipinski definition) is 3. The quantitative estimate of drug-likeness (QED) is 0.849. The maximum absolute atomic E-state index is 6.60. The summed E-state index contributed by atoms with van der Waals surface area (Å²) in [6, 6.07) is 1.99. The van der Waals surface area contributed by atoms with Gasteiger partial charge in [0.25, 0.3) is 0 Å². The second-order valence-electron chi connectivity index (χ2n) is 5.52. The zero-order chi connectivity index (χ0) is 13.2. The van der Waals surface area contributed by atoms with Gasteiger partial charge in [0.1, 0.15) is 0 Å². The molecule has 4 heteroatoms. The average Bonchev–Trinajstić information content (AvgIpc) is 2.63. The first-order valence-electron chi connectivity index (χ1n) is 6.74. The minimum Gasteiger partial charge on any atom is -0.322 e. The fourth-order valence-corrected chi connectivity index (χ4v) is 4.43. The second kappa shape index (κ2) is 5.91. The number of halogens is 1. The van der Waals surface area contributed by atoms with E-state index >= 15 is 0 Å². The van der Waals surface area contributed by atoms with Crippen molar-refractivity contribution >= 4 is 22.9 Å². The van der Waals surface area contributed by atoms with E-state index in [1.807, 2.05) is 11.4 Å². The Morgan fingerprint density at radius 2 is 1.89 bits per heavy atom. The summed E-state index contributed by atoms with van der Waals surface area (Å²) < 4.78 is 0. The van der Waals surface area contributed by atoms with E-state index in [-0.39, 0.29) is 11.6 Å². The van der Waals surface area contributed by atoms with Crippen LogP contribution in [-0.2, 0) is 0 Å². The van der Waals surface area contributed by atoms with Crippen LogP contribution < -0.4 is 5.73 Å². The van der Waals surface area contributed by atoms with Gasteiger partial charge in [0.2, 0.25) is 0 Å². The highest BCUT2D eigenvalue weighted by molar-refractivity contribution is 7.10. The van der Waals surface area contributed by atoms with Crippen molar-refractivity contribution < 1.29 is 0 Å². The lowest BCUT2D eigenvalue weighted by Gasteiger charge is -2.44. The van der Waals surface area contributed by atoms with Gasteiger partial charge in [0.05, 0.1) is 11.1 Å². The van der Waals surface area contributed by atoms with E-state index in [9.17, 15) is 0 Å². The average molecular weight is 287 g/mol. The van der Waals surface area contributed by atoms with Crippen LogP contribution >= 0.6 is 22.9 Å². The molecule has 0 bridgehead atoms. The van der Waals surface area contributed by atoms with Crippen LogP contribution in [0, 0.1) is 0 Å². The van der Waals surface area contributed by atoms with E-state index < -0.39 is 0 Å². The molecule has 0 aliphatic heterocycles. The molecule has 0 spiro atoms.